The number of nitrogens with two attached hydrogens (primary N) is 1. The molecule has 0 spiro atoms. The molecule has 1 aliphatic rings. The number of hydrogen-bond donors (Lipinski definition) is 2. The zero-order chi connectivity index (χ0) is 15.4. The summed E-state index contributed by atoms with van der Waals surface area (Å²) in [5.74, 6) is -2.07. The third kappa shape index (κ3) is 5.84. The van der Waals surface area contributed by atoms with Gasteiger partial charge in [-0.15, -0.1) is 0 Å². The smallest absolute Gasteiger partial charge is 0.383 e. The molecule has 20 heavy (non-hydrogen) atoms. The van der Waals surface area contributed by atoms with E-state index in [2.05, 4.69) is 10.3 Å². The fraction of sp³-hybridized carbons (Fsp3) is 0.333. The average molecular weight is 311 g/mol. The highest BCUT2D eigenvalue weighted by atomic mass is 32.2. The summed E-state index contributed by atoms with van der Waals surface area (Å²) < 4.78 is 59.5. The molecule has 0 aromatic heterocycles. The zero-order valence-corrected chi connectivity index (χ0v) is 10.7. The van der Waals surface area contributed by atoms with Crippen LogP contribution in [0.5, 0.6) is 0 Å². The van der Waals surface area contributed by atoms with Crippen molar-refractivity contribution in [2.75, 3.05) is 12.3 Å². The Morgan fingerprint density at radius 1 is 1.40 bits per heavy atom. The van der Waals surface area contributed by atoms with Gasteiger partial charge < -0.3 is 5.73 Å². The predicted molar refractivity (Wildman–Crippen MR) is 64.2 cm³/mol. The quantitative estimate of drug-likeness (QED) is 0.743. The Kier molecular flexibility index (Phi) is 4.89. The minimum absolute atomic E-state index is 0.112. The van der Waals surface area contributed by atoms with Crippen LogP contribution in [0, 0.1) is 0 Å². The Morgan fingerprint density at radius 2 is 2.05 bits per heavy atom. The van der Waals surface area contributed by atoms with E-state index in [1.165, 1.54) is 12.2 Å². The molecule has 0 aromatic rings. The van der Waals surface area contributed by atoms with Gasteiger partial charge in [0.1, 0.15) is 5.84 Å². The number of sulfonamides is 1. The van der Waals surface area contributed by atoms with E-state index in [0.717, 1.165) is 6.20 Å². The number of alkyl halides is 3. The van der Waals surface area contributed by atoms with Gasteiger partial charge in [-0.3, -0.25) is 0 Å². The standard InChI is InChI=1S/C9H10F3N4O3S/c10-9(11,12)5-20(18,19)15-3-1-2-6-4-14-8(17)16-7(6)13/h1-2,4,15H,3,5H2,(H2,13,16,17)/b2-1+. The summed E-state index contributed by atoms with van der Waals surface area (Å²) in [7, 11) is -4.45. The van der Waals surface area contributed by atoms with E-state index in [-0.39, 0.29) is 18.0 Å². The molecule has 0 saturated heterocycles. The molecule has 7 nitrogen and oxygen atoms in total. The van der Waals surface area contributed by atoms with Crippen molar-refractivity contribution in [2.45, 2.75) is 6.18 Å². The van der Waals surface area contributed by atoms with Crippen LogP contribution in [0.15, 0.2) is 28.9 Å². The molecular formula is C9H10F3N4O3S. The predicted octanol–water partition coefficient (Wildman–Crippen LogP) is 0.00340. The summed E-state index contributed by atoms with van der Waals surface area (Å²) in [5.41, 5.74) is 5.63. The van der Waals surface area contributed by atoms with Crippen LogP contribution in [0.25, 0.3) is 0 Å². The first kappa shape index (κ1) is 16.2. The third-order valence-electron chi connectivity index (χ3n) is 1.90. The van der Waals surface area contributed by atoms with E-state index in [9.17, 15) is 26.4 Å². The number of nitrogens with one attached hydrogen (secondary N) is 1. The van der Waals surface area contributed by atoms with Gasteiger partial charge in [-0.25, -0.2) is 17.9 Å². The molecule has 3 N–H and O–H groups in total. The van der Waals surface area contributed by atoms with Gasteiger partial charge in [-0.2, -0.15) is 23.5 Å². The first-order valence-corrected chi connectivity index (χ1v) is 6.74. The molecule has 11 heteroatoms. The van der Waals surface area contributed by atoms with Crippen molar-refractivity contribution in [1.82, 2.24) is 10.0 Å². The lowest BCUT2D eigenvalue weighted by Gasteiger charge is -2.08. The molecule has 0 aromatic carbocycles. The monoisotopic (exact) mass is 311 g/mol. The van der Waals surface area contributed by atoms with Crippen LogP contribution in [0.1, 0.15) is 0 Å². The van der Waals surface area contributed by atoms with Crippen molar-refractivity contribution in [2.24, 2.45) is 10.7 Å². The van der Waals surface area contributed by atoms with Gasteiger partial charge in [0.05, 0.1) is 0 Å². The van der Waals surface area contributed by atoms with Crippen LogP contribution >= 0.6 is 0 Å². The van der Waals surface area contributed by atoms with Gasteiger partial charge in [0.25, 0.3) is 0 Å². The molecular weight excluding hydrogens is 301 g/mol. The molecule has 0 saturated carbocycles. The number of urea groups is 1. The normalized spacial score (nSPS) is 16.9. The molecule has 1 rings (SSSR count). The molecule has 0 fully saturated rings. The van der Waals surface area contributed by atoms with Crippen LogP contribution in [0.2, 0.25) is 0 Å². The number of halogens is 3. The van der Waals surface area contributed by atoms with E-state index in [1.807, 2.05) is 0 Å². The minimum Gasteiger partial charge on any atom is -0.383 e. The summed E-state index contributed by atoms with van der Waals surface area (Å²) >= 11 is 0. The lowest BCUT2D eigenvalue weighted by Crippen LogP contribution is -2.33. The number of amides is 2. The van der Waals surface area contributed by atoms with Crippen LogP contribution in [0.4, 0.5) is 18.0 Å². The molecule has 0 bridgehead atoms. The molecule has 2 amide bonds. The number of rotatable bonds is 5. The lowest BCUT2D eigenvalue weighted by molar-refractivity contribution is -0.106. The highest BCUT2D eigenvalue weighted by Gasteiger charge is 2.34. The second-order valence-electron chi connectivity index (χ2n) is 3.62. The first-order valence-electron chi connectivity index (χ1n) is 5.09. The van der Waals surface area contributed by atoms with Crippen LogP contribution in [0.3, 0.4) is 0 Å². The van der Waals surface area contributed by atoms with Crippen molar-refractivity contribution in [1.29, 1.82) is 0 Å². The summed E-state index contributed by atoms with van der Waals surface area (Å²) in [6.07, 6.45) is -1.19. The lowest BCUT2D eigenvalue weighted by atomic mass is 10.2. The largest absolute Gasteiger partial charge is 0.404 e. The fourth-order valence-corrected chi connectivity index (χ4v) is 2.03. The number of carbonyl (C=O) groups is 1. The van der Waals surface area contributed by atoms with Crippen molar-refractivity contribution >= 4 is 21.9 Å². The van der Waals surface area contributed by atoms with Crippen molar-refractivity contribution in [3.05, 3.63) is 23.9 Å². The summed E-state index contributed by atoms with van der Waals surface area (Å²) in [6, 6.07) is -0.773. The van der Waals surface area contributed by atoms with Crippen molar-refractivity contribution in [3.63, 3.8) is 0 Å². The molecule has 1 radical (unpaired) electrons. The van der Waals surface area contributed by atoms with E-state index in [1.54, 1.807) is 4.72 Å². The third-order valence-corrected chi connectivity index (χ3v) is 3.21. The summed E-state index contributed by atoms with van der Waals surface area (Å²) in [4.78, 5) is 14.0. The Morgan fingerprint density at radius 3 is 2.60 bits per heavy atom. The maximum Gasteiger partial charge on any atom is 0.404 e. The second kappa shape index (κ2) is 6.05. The van der Waals surface area contributed by atoms with Crippen LogP contribution < -0.4 is 15.8 Å². The van der Waals surface area contributed by atoms with Gasteiger partial charge in [-0.1, -0.05) is 12.2 Å². The topological polar surface area (TPSA) is 116 Å². The maximum atomic E-state index is 11.9. The molecule has 0 atom stereocenters. The second-order valence-corrected chi connectivity index (χ2v) is 5.43. The number of amidine groups is 1. The summed E-state index contributed by atoms with van der Waals surface area (Å²) in [6.45, 7) is -0.364. The molecule has 0 aliphatic carbocycles. The van der Waals surface area contributed by atoms with Crippen molar-refractivity contribution < 1.29 is 26.4 Å². The Hall–Kier alpha value is -1.88. The van der Waals surface area contributed by atoms with Gasteiger partial charge in [0, 0.05) is 18.3 Å². The van der Waals surface area contributed by atoms with Crippen LogP contribution in [-0.2, 0) is 10.0 Å². The van der Waals surface area contributed by atoms with Gasteiger partial charge in [-0.05, 0) is 0 Å². The number of aliphatic imine (C=N–C) groups is 1. The minimum atomic E-state index is -4.81. The van der Waals surface area contributed by atoms with Crippen LogP contribution in [-0.4, -0.2) is 38.8 Å². The molecule has 0 unspecified atom stereocenters. The first-order chi connectivity index (χ1) is 9.09. The Bertz CT molecular complexity index is 578. The average Bonchev–Trinajstić information content (AvgIpc) is 2.23. The number of hydrogen-bond acceptors (Lipinski definition) is 4. The highest BCUT2D eigenvalue weighted by molar-refractivity contribution is 7.89. The van der Waals surface area contributed by atoms with E-state index >= 15 is 0 Å². The Labute approximate surface area is 112 Å². The van der Waals surface area contributed by atoms with Gasteiger partial charge in [0.15, 0.2) is 5.75 Å². The molecule has 111 valence electrons. The van der Waals surface area contributed by atoms with Gasteiger partial charge in [0.2, 0.25) is 10.0 Å². The van der Waals surface area contributed by atoms with Crippen molar-refractivity contribution in [3.8, 4) is 0 Å². The number of carbonyl (C=O) groups excluding carboxylic acids is 1. The van der Waals surface area contributed by atoms with Gasteiger partial charge >= 0.3 is 12.2 Å². The fourth-order valence-electron chi connectivity index (χ4n) is 1.14. The molecule has 1 aliphatic heterocycles. The van der Waals surface area contributed by atoms with E-state index < -0.39 is 28.0 Å². The Balaban J connectivity index is 2.51. The highest BCUT2D eigenvalue weighted by Crippen LogP contribution is 2.16. The van der Waals surface area contributed by atoms with E-state index in [4.69, 9.17) is 5.73 Å². The SMILES string of the molecule is NC1=NC(=O)[N]C=C1/C=C/CNS(=O)(=O)CC(F)(F)F. The summed E-state index contributed by atoms with van der Waals surface area (Å²) in [5, 5.41) is 3.33. The van der Waals surface area contributed by atoms with E-state index in [0.29, 0.717) is 0 Å². The zero-order valence-electron chi connectivity index (χ0n) is 9.88. The molecule has 1 heterocycles. The maximum absolute atomic E-state index is 11.9. The number of nitrogens with zero attached hydrogens (tertiary/aromatic N) is 2.